The van der Waals surface area contributed by atoms with Crippen LogP contribution in [0.1, 0.15) is 25.8 Å². The first-order chi connectivity index (χ1) is 5.77. The molecule has 0 atom stereocenters. The van der Waals surface area contributed by atoms with Gasteiger partial charge >= 0.3 is 5.97 Å². The minimum Gasteiger partial charge on any atom is -0.408 e. The highest BCUT2D eigenvalue weighted by molar-refractivity contribution is 5.71. The molecule has 0 fully saturated rings. The number of aryl methyl sites for hydroxylation is 1. The summed E-state index contributed by atoms with van der Waals surface area (Å²) in [4.78, 5) is 10.9. The molecule has 4 heteroatoms. The second-order valence-corrected chi connectivity index (χ2v) is 2.41. The van der Waals surface area contributed by atoms with E-state index in [0.717, 1.165) is 12.0 Å². The Labute approximate surface area is 70.9 Å². The largest absolute Gasteiger partial charge is 0.408 e. The Morgan fingerprint density at radius 3 is 3.00 bits per heavy atom. The Bertz CT molecular complexity index is 268. The maximum Gasteiger partial charge on any atom is 0.312 e. The van der Waals surface area contributed by atoms with Crippen LogP contribution in [0.3, 0.4) is 0 Å². The van der Waals surface area contributed by atoms with Crippen molar-refractivity contribution < 1.29 is 9.53 Å². The number of hydrogen-bond donors (Lipinski definition) is 1. The van der Waals surface area contributed by atoms with Gasteiger partial charge in [-0.15, -0.1) is 0 Å². The Morgan fingerprint density at radius 1 is 1.67 bits per heavy atom. The predicted octanol–water partition coefficient (Wildman–Crippen LogP) is 1.29. The molecular weight excluding hydrogens is 156 g/mol. The van der Waals surface area contributed by atoms with E-state index in [0.29, 0.717) is 12.3 Å². The fourth-order valence-corrected chi connectivity index (χ4v) is 0.825. The van der Waals surface area contributed by atoms with Gasteiger partial charge in [0.05, 0.1) is 6.20 Å². The van der Waals surface area contributed by atoms with Gasteiger partial charge in [0.25, 0.3) is 0 Å². The summed E-state index contributed by atoms with van der Waals surface area (Å²) in [6, 6.07) is 0. The van der Waals surface area contributed by atoms with Crippen molar-refractivity contribution in [2.45, 2.75) is 26.7 Å². The van der Waals surface area contributed by atoms with Crippen LogP contribution in [-0.2, 0) is 11.2 Å². The number of carbonyl (C=O) groups is 1. The Morgan fingerprint density at radius 2 is 2.42 bits per heavy atom. The van der Waals surface area contributed by atoms with Crippen LogP contribution in [0.5, 0.6) is 5.88 Å². The monoisotopic (exact) mass is 168 g/mol. The number of H-pyrrole nitrogens is 1. The number of nitrogens with zero attached hydrogens (tertiary/aromatic N) is 1. The van der Waals surface area contributed by atoms with Crippen LogP contribution in [0.15, 0.2) is 6.20 Å². The van der Waals surface area contributed by atoms with Gasteiger partial charge in [0.2, 0.25) is 5.88 Å². The van der Waals surface area contributed by atoms with E-state index >= 15 is 0 Å². The summed E-state index contributed by atoms with van der Waals surface area (Å²) in [5.41, 5.74) is 0.928. The number of aromatic amines is 1. The van der Waals surface area contributed by atoms with Crippen LogP contribution >= 0.6 is 0 Å². The molecule has 0 radical (unpaired) electrons. The van der Waals surface area contributed by atoms with Crippen molar-refractivity contribution in [2.24, 2.45) is 0 Å². The summed E-state index contributed by atoms with van der Waals surface area (Å²) < 4.78 is 4.97. The third kappa shape index (κ3) is 1.84. The zero-order chi connectivity index (χ0) is 8.97. The number of carbonyl (C=O) groups excluding carboxylic acids is 1. The van der Waals surface area contributed by atoms with E-state index in [9.17, 15) is 4.79 Å². The zero-order valence-corrected chi connectivity index (χ0v) is 7.26. The molecular formula is C8H12N2O2. The molecule has 0 saturated carbocycles. The number of esters is 1. The van der Waals surface area contributed by atoms with Gasteiger partial charge < -0.3 is 4.74 Å². The summed E-state index contributed by atoms with van der Waals surface area (Å²) in [6.45, 7) is 3.73. The van der Waals surface area contributed by atoms with Gasteiger partial charge in [-0.3, -0.25) is 4.79 Å². The van der Waals surface area contributed by atoms with Gasteiger partial charge in [0.15, 0.2) is 0 Å². The van der Waals surface area contributed by atoms with Crippen molar-refractivity contribution in [1.29, 1.82) is 0 Å². The second-order valence-electron chi connectivity index (χ2n) is 2.41. The Balaban J connectivity index is 2.68. The lowest BCUT2D eigenvalue weighted by Gasteiger charge is -2.00. The normalized spacial score (nSPS) is 9.83. The summed E-state index contributed by atoms with van der Waals surface area (Å²) in [5.74, 6) is 0.235. The zero-order valence-electron chi connectivity index (χ0n) is 7.26. The molecule has 0 amide bonds. The highest BCUT2D eigenvalue weighted by Gasteiger charge is 2.07. The van der Waals surface area contributed by atoms with Gasteiger partial charge in [-0.2, -0.15) is 5.10 Å². The SMILES string of the molecule is CCC(=O)Oc1[nH]ncc1CC. The lowest BCUT2D eigenvalue weighted by Crippen LogP contribution is -2.06. The van der Waals surface area contributed by atoms with Crippen molar-refractivity contribution in [3.05, 3.63) is 11.8 Å². The molecule has 0 aliphatic rings. The molecule has 4 nitrogen and oxygen atoms in total. The molecule has 0 aliphatic heterocycles. The average molecular weight is 168 g/mol. The predicted molar refractivity (Wildman–Crippen MR) is 43.9 cm³/mol. The van der Waals surface area contributed by atoms with Crippen molar-refractivity contribution >= 4 is 5.97 Å². The fourth-order valence-electron chi connectivity index (χ4n) is 0.825. The first-order valence-corrected chi connectivity index (χ1v) is 4.00. The molecule has 0 saturated heterocycles. The number of hydrogen-bond acceptors (Lipinski definition) is 3. The van der Waals surface area contributed by atoms with Gasteiger partial charge in [-0.25, -0.2) is 5.10 Å². The van der Waals surface area contributed by atoms with E-state index in [4.69, 9.17) is 4.74 Å². The van der Waals surface area contributed by atoms with Gasteiger partial charge in [0.1, 0.15) is 0 Å². The number of ether oxygens (including phenoxy) is 1. The average Bonchev–Trinajstić information content (AvgIpc) is 2.51. The summed E-state index contributed by atoms with van der Waals surface area (Å²) in [7, 11) is 0. The molecule has 1 aromatic heterocycles. The molecule has 0 spiro atoms. The molecule has 0 aromatic carbocycles. The van der Waals surface area contributed by atoms with Crippen LogP contribution in [0, 0.1) is 0 Å². The lowest BCUT2D eigenvalue weighted by atomic mass is 10.3. The molecule has 1 aromatic rings. The van der Waals surface area contributed by atoms with E-state index in [-0.39, 0.29) is 5.97 Å². The number of nitrogens with one attached hydrogen (secondary N) is 1. The van der Waals surface area contributed by atoms with Crippen molar-refractivity contribution in [3.63, 3.8) is 0 Å². The van der Waals surface area contributed by atoms with Crippen LogP contribution in [-0.4, -0.2) is 16.2 Å². The highest BCUT2D eigenvalue weighted by atomic mass is 16.5. The van der Waals surface area contributed by atoms with E-state index < -0.39 is 0 Å². The molecule has 12 heavy (non-hydrogen) atoms. The topological polar surface area (TPSA) is 55.0 Å². The van der Waals surface area contributed by atoms with Crippen molar-refractivity contribution in [3.8, 4) is 5.88 Å². The first kappa shape index (κ1) is 8.77. The molecule has 1 heterocycles. The number of aromatic nitrogens is 2. The molecule has 1 rings (SSSR count). The smallest absolute Gasteiger partial charge is 0.312 e. The maximum atomic E-state index is 10.9. The molecule has 0 aliphatic carbocycles. The van der Waals surface area contributed by atoms with Crippen LogP contribution in [0.4, 0.5) is 0 Å². The van der Waals surface area contributed by atoms with Gasteiger partial charge in [-0.05, 0) is 6.42 Å². The molecule has 0 bridgehead atoms. The molecule has 66 valence electrons. The molecule has 1 N–H and O–H groups in total. The van der Waals surface area contributed by atoms with Gasteiger partial charge in [0, 0.05) is 12.0 Å². The highest BCUT2D eigenvalue weighted by Crippen LogP contribution is 2.14. The summed E-state index contributed by atoms with van der Waals surface area (Å²) in [6.07, 6.45) is 2.85. The van der Waals surface area contributed by atoms with E-state index in [1.165, 1.54) is 0 Å². The quantitative estimate of drug-likeness (QED) is 0.692. The van der Waals surface area contributed by atoms with E-state index in [2.05, 4.69) is 10.2 Å². The Hall–Kier alpha value is -1.32. The van der Waals surface area contributed by atoms with E-state index in [1.54, 1.807) is 13.1 Å². The third-order valence-corrected chi connectivity index (χ3v) is 1.56. The lowest BCUT2D eigenvalue weighted by molar-refractivity contribution is -0.134. The Kier molecular flexibility index (Phi) is 2.85. The standard InChI is InChI=1S/C8H12N2O2/c1-3-6-5-9-10-8(6)12-7(11)4-2/h5H,3-4H2,1-2H3,(H,9,10). The van der Waals surface area contributed by atoms with E-state index in [1.807, 2.05) is 6.92 Å². The minimum absolute atomic E-state index is 0.242. The maximum absolute atomic E-state index is 10.9. The van der Waals surface area contributed by atoms with Gasteiger partial charge in [-0.1, -0.05) is 13.8 Å². The fraction of sp³-hybridized carbons (Fsp3) is 0.500. The third-order valence-electron chi connectivity index (χ3n) is 1.56. The summed E-state index contributed by atoms with van der Waals surface area (Å²) in [5, 5.41) is 6.41. The minimum atomic E-state index is -0.242. The summed E-state index contributed by atoms with van der Waals surface area (Å²) >= 11 is 0. The first-order valence-electron chi connectivity index (χ1n) is 4.00. The van der Waals surface area contributed by atoms with Crippen molar-refractivity contribution in [1.82, 2.24) is 10.2 Å². The second kappa shape index (κ2) is 3.90. The van der Waals surface area contributed by atoms with Crippen LogP contribution in [0.2, 0.25) is 0 Å². The van der Waals surface area contributed by atoms with Crippen LogP contribution < -0.4 is 4.74 Å². The number of rotatable bonds is 3. The molecule has 0 unspecified atom stereocenters. The van der Waals surface area contributed by atoms with Crippen molar-refractivity contribution in [2.75, 3.05) is 0 Å². The van der Waals surface area contributed by atoms with Crippen LogP contribution in [0.25, 0.3) is 0 Å².